The number of benzene rings is 1. The van der Waals surface area contributed by atoms with Gasteiger partial charge in [0.25, 0.3) is 0 Å². The summed E-state index contributed by atoms with van der Waals surface area (Å²) >= 11 is 1.68. The van der Waals surface area contributed by atoms with Crippen LogP contribution in [0.15, 0.2) is 54.7 Å². The summed E-state index contributed by atoms with van der Waals surface area (Å²) < 4.78 is 4.83. The van der Waals surface area contributed by atoms with Crippen molar-refractivity contribution >= 4 is 35.4 Å². The lowest BCUT2D eigenvalue weighted by Crippen LogP contribution is -2.12. The molecule has 0 saturated heterocycles. The van der Waals surface area contributed by atoms with Crippen LogP contribution in [0.5, 0.6) is 0 Å². The minimum Gasteiger partial charge on any atom is -0.463 e. The summed E-state index contributed by atoms with van der Waals surface area (Å²) in [6, 6.07) is 13.1. The molecule has 0 radical (unpaired) electrons. The maximum atomic E-state index is 12.0. The van der Waals surface area contributed by atoms with Gasteiger partial charge in [-0.15, -0.1) is 0 Å². The Morgan fingerprint density at radius 1 is 1.19 bits per heavy atom. The molecule has 2 aromatic rings. The first kappa shape index (κ1) is 19.7. The largest absolute Gasteiger partial charge is 0.463 e. The van der Waals surface area contributed by atoms with Gasteiger partial charge in [0.05, 0.1) is 12.3 Å². The number of hydrogen-bond acceptors (Lipinski definition) is 5. The zero-order chi connectivity index (χ0) is 18.6. The van der Waals surface area contributed by atoms with Crippen molar-refractivity contribution in [2.45, 2.75) is 19.1 Å². The number of amides is 1. The van der Waals surface area contributed by atoms with Crippen molar-refractivity contribution < 1.29 is 14.3 Å². The van der Waals surface area contributed by atoms with Gasteiger partial charge in [-0.1, -0.05) is 18.2 Å². The van der Waals surface area contributed by atoms with Gasteiger partial charge in [0, 0.05) is 35.9 Å². The molecule has 0 aliphatic rings. The van der Waals surface area contributed by atoms with E-state index < -0.39 is 0 Å². The van der Waals surface area contributed by atoms with Crippen LogP contribution in [0, 0.1) is 0 Å². The quantitative estimate of drug-likeness (QED) is 0.412. The number of rotatable bonds is 9. The Balaban J connectivity index is 1.70. The lowest BCUT2D eigenvalue weighted by Gasteiger charge is -2.06. The highest BCUT2D eigenvalue weighted by Crippen LogP contribution is 2.13. The van der Waals surface area contributed by atoms with E-state index in [1.165, 1.54) is 6.08 Å². The molecule has 1 aromatic heterocycles. The Morgan fingerprint density at radius 2 is 2.00 bits per heavy atom. The summed E-state index contributed by atoms with van der Waals surface area (Å²) in [4.78, 5) is 27.5. The third kappa shape index (κ3) is 7.53. The summed E-state index contributed by atoms with van der Waals surface area (Å²) in [5.74, 6) is 1.15. The molecular weight excluding hydrogens is 348 g/mol. The summed E-state index contributed by atoms with van der Waals surface area (Å²) in [7, 11) is 0. The minimum atomic E-state index is -0.368. The fraction of sp³-hybridized carbons (Fsp3) is 0.250. The molecule has 136 valence electrons. The van der Waals surface area contributed by atoms with Crippen LogP contribution in [0.4, 0.5) is 5.69 Å². The fourth-order valence-electron chi connectivity index (χ4n) is 2.08. The van der Waals surface area contributed by atoms with Gasteiger partial charge in [-0.25, -0.2) is 4.79 Å². The average Bonchev–Trinajstić information content (AvgIpc) is 2.66. The molecule has 1 aromatic carbocycles. The second-order valence-corrected chi connectivity index (χ2v) is 6.48. The lowest BCUT2D eigenvalue weighted by atomic mass is 10.2. The Labute approximate surface area is 157 Å². The van der Waals surface area contributed by atoms with Crippen LogP contribution in [-0.4, -0.2) is 29.2 Å². The molecule has 0 aliphatic carbocycles. The molecule has 0 saturated carbocycles. The molecule has 0 atom stereocenters. The third-order valence-corrected chi connectivity index (χ3v) is 4.34. The Kier molecular flexibility index (Phi) is 8.42. The first-order valence-electron chi connectivity index (χ1n) is 8.40. The molecule has 1 amide bonds. The van der Waals surface area contributed by atoms with Crippen molar-refractivity contribution in [1.29, 1.82) is 0 Å². The smallest absolute Gasteiger partial charge is 0.330 e. The number of carbonyl (C=O) groups is 2. The van der Waals surface area contributed by atoms with E-state index in [9.17, 15) is 9.59 Å². The number of ether oxygens (including phenoxy) is 1. The number of anilines is 1. The topological polar surface area (TPSA) is 68.3 Å². The van der Waals surface area contributed by atoms with E-state index in [1.54, 1.807) is 31.0 Å². The number of carbonyl (C=O) groups excluding carboxylic acids is 2. The molecular formula is C20H22N2O3S. The van der Waals surface area contributed by atoms with E-state index in [4.69, 9.17) is 4.74 Å². The van der Waals surface area contributed by atoms with Crippen LogP contribution < -0.4 is 5.32 Å². The highest BCUT2D eigenvalue weighted by molar-refractivity contribution is 7.98. The number of thioether (sulfide) groups is 1. The fourth-order valence-corrected chi connectivity index (χ4v) is 2.93. The molecule has 0 bridgehead atoms. The van der Waals surface area contributed by atoms with Crippen LogP contribution in [0.3, 0.4) is 0 Å². The molecule has 1 N–H and O–H groups in total. The van der Waals surface area contributed by atoms with Crippen LogP contribution in [0.2, 0.25) is 0 Å². The summed E-state index contributed by atoms with van der Waals surface area (Å²) in [6.45, 7) is 2.12. The molecule has 5 nitrogen and oxygen atoms in total. The van der Waals surface area contributed by atoms with Crippen LogP contribution in [0.25, 0.3) is 6.08 Å². The van der Waals surface area contributed by atoms with E-state index >= 15 is 0 Å². The molecule has 0 spiro atoms. The van der Waals surface area contributed by atoms with E-state index in [2.05, 4.69) is 10.3 Å². The monoisotopic (exact) mass is 370 g/mol. The van der Waals surface area contributed by atoms with Gasteiger partial charge >= 0.3 is 5.97 Å². The van der Waals surface area contributed by atoms with E-state index in [-0.39, 0.29) is 11.9 Å². The zero-order valence-electron chi connectivity index (χ0n) is 14.7. The van der Waals surface area contributed by atoms with E-state index in [0.717, 1.165) is 28.5 Å². The maximum absolute atomic E-state index is 12.0. The van der Waals surface area contributed by atoms with Crippen molar-refractivity contribution in [2.75, 3.05) is 17.7 Å². The van der Waals surface area contributed by atoms with Gasteiger partial charge < -0.3 is 10.1 Å². The number of hydrogen-bond donors (Lipinski definition) is 1. The Morgan fingerprint density at radius 3 is 2.69 bits per heavy atom. The van der Waals surface area contributed by atoms with Crippen molar-refractivity contribution in [3.63, 3.8) is 0 Å². The number of nitrogens with zero attached hydrogens (tertiary/aromatic N) is 1. The second kappa shape index (κ2) is 11.1. The summed E-state index contributed by atoms with van der Waals surface area (Å²) in [5.41, 5.74) is 2.62. The first-order valence-corrected chi connectivity index (χ1v) is 9.55. The van der Waals surface area contributed by atoms with Gasteiger partial charge in [0.15, 0.2) is 0 Å². The van der Waals surface area contributed by atoms with Crippen LogP contribution in [-0.2, 0) is 20.1 Å². The summed E-state index contributed by atoms with van der Waals surface area (Å²) in [5, 5.41) is 2.87. The highest BCUT2D eigenvalue weighted by atomic mass is 32.2. The number of nitrogens with one attached hydrogen (secondary N) is 1. The standard InChI is InChI=1S/C20H22N2O3S/c1-2-25-20(24)11-8-16-6-9-17(10-7-16)22-19(23)12-14-26-15-18-5-3-4-13-21-18/h3-11,13H,2,12,14-15H2,1H3,(H,22,23)/b11-8+. The van der Waals surface area contributed by atoms with Gasteiger partial charge in [0.2, 0.25) is 5.91 Å². The Bertz CT molecular complexity index is 730. The average molecular weight is 370 g/mol. The molecule has 2 rings (SSSR count). The predicted molar refractivity (Wildman–Crippen MR) is 106 cm³/mol. The second-order valence-electron chi connectivity index (χ2n) is 5.38. The van der Waals surface area contributed by atoms with Crippen LogP contribution >= 0.6 is 11.8 Å². The van der Waals surface area contributed by atoms with Gasteiger partial charge in [-0.3, -0.25) is 9.78 Å². The number of aromatic nitrogens is 1. The van der Waals surface area contributed by atoms with Crippen molar-refractivity contribution in [3.8, 4) is 0 Å². The van der Waals surface area contributed by atoms with E-state index in [1.807, 2.05) is 42.5 Å². The lowest BCUT2D eigenvalue weighted by molar-refractivity contribution is -0.137. The van der Waals surface area contributed by atoms with Gasteiger partial charge in [-0.2, -0.15) is 11.8 Å². The Hall–Kier alpha value is -2.60. The molecule has 0 unspecified atom stereocenters. The van der Waals surface area contributed by atoms with Gasteiger partial charge in [-0.05, 0) is 42.8 Å². The maximum Gasteiger partial charge on any atom is 0.330 e. The minimum absolute atomic E-state index is 0.0201. The van der Waals surface area contributed by atoms with Crippen molar-refractivity contribution in [2.24, 2.45) is 0 Å². The number of pyridine rings is 1. The third-order valence-electron chi connectivity index (χ3n) is 3.34. The van der Waals surface area contributed by atoms with Crippen LogP contribution in [0.1, 0.15) is 24.6 Å². The molecule has 0 fully saturated rings. The highest BCUT2D eigenvalue weighted by Gasteiger charge is 2.03. The van der Waals surface area contributed by atoms with Crippen molar-refractivity contribution in [1.82, 2.24) is 4.98 Å². The SMILES string of the molecule is CCOC(=O)/C=C/c1ccc(NC(=O)CCSCc2ccccn2)cc1. The zero-order valence-corrected chi connectivity index (χ0v) is 15.5. The predicted octanol–water partition coefficient (Wildman–Crippen LogP) is 3.92. The van der Waals surface area contributed by atoms with Gasteiger partial charge in [0.1, 0.15) is 0 Å². The number of esters is 1. The van der Waals surface area contributed by atoms with E-state index in [0.29, 0.717) is 13.0 Å². The summed E-state index contributed by atoms with van der Waals surface area (Å²) in [6.07, 6.45) is 5.28. The molecule has 6 heteroatoms. The molecule has 1 heterocycles. The molecule has 26 heavy (non-hydrogen) atoms. The normalized spacial score (nSPS) is 10.7. The first-order chi connectivity index (χ1) is 12.7. The molecule has 0 aliphatic heterocycles. The van der Waals surface area contributed by atoms with Crippen molar-refractivity contribution in [3.05, 3.63) is 66.0 Å².